The van der Waals surface area contributed by atoms with E-state index < -0.39 is 10.2 Å². The molecule has 0 aliphatic carbocycles. The zero-order valence-corrected chi connectivity index (χ0v) is 15.5. The highest BCUT2D eigenvalue weighted by Gasteiger charge is 2.29. The van der Waals surface area contributed by atoms with Crippen molar-refractivity contribution in [1.82, 2.24) is 13.9 Å². The van der Waals surface area contributed by atoms with Gasteiger partial charge in [0.2, 0.25) is 5.91 Å². The van der Waals surface area contributed by atoms with Crippen molar-refractivity contribution in [2.45, 2.75) is 12.5 Å². The third-order valence-corrected chi connectivity index (χ3v) is 6.11. The molecule has 1 amide bonds. The van der Waals surface area contributed by atoms with Gasteiger partial charge in [-0.2, -0.15) is 17.4 Å². The lowest BCUT2D eigenvalue weighted by Crippen LogP contribution is -2.53. The van der Waals surface area contributed by atoms with Crippen molar-refractivity contribution >= 4 is 16.1 Å². The molecule has 144 valence electrons. The van der Waals surface area contributed by atoms with Crippen LogP contribution in [0.4, 0.5) is 0 Å². The quantitative estimate of drug-likeness (QED) is 0.694. The lowest BCUT2D eigenvalue weighted by Gasteiger charge is -2.33. The molecule has 2 aliphatic rings. The topological polar surface area (TPSA) is 88.2 Å². The van der Waals surface area contributed by atoms with Crippen LogP contribution in [0.5, 0.6) is 0 Å². The van der Waals surface area contributed by atoms with E-state index in [0.717, 1.165) is 12.0 Å². The number of ether oxygens (including phenoxy) is 2. The van der Waals surface area contributed by atoms with E-state index in [1.807, 2.05) is 30.3 Å². The van der Waals surface area contributed by atoms with Crippen LogP contribution in [-0.2, 0) is 30.9 Å². The van der Waals surface area contributed by atoms with Crippen LogP contribution in [0.1, 0.15) is 5.56 Å². The molecule has 1 atom stereocenters. The van der Waals surface area contributed by atoms with Crippen molar-refractivity contribution in [3.05, 3.63) is 35.9 Å². The highest BCUT2D eigenvalue weighted by Crippen LogP contribution is 2.10. The molecule has 9 heteroatoms. The van der Waals surface area contributed by atoms with Crippen molar-refractivity contribution in [2.75, 3.05) is 52.5 Å². The molecular formula is C17H25N3O5S. The Morgan fingerprint density at radius 1 is 1.15 bits per heavy atom. The van der Waals surface area contributed by atoms with Crippen LogP contribution in [0.2, 0.25) is 0 Å². The normalized spacial score (nSPS) is 22.5. The van der Waals surface area contributed by atoms with Crippen LogP contribution in [-0.4, -0.2) is 82.2 Å². The van der Waals surface area contributed by atoms with Gasteiger partial charge in [-0.05, 0) is 12.0 Å². The number of benzene rings is 1. The van der Waals surface area contributed by atoms with Gasteiger partial charge in [-0.1, -0.05) is 30.3 Å². The van der Waals surface area contributed by atoms with E-state index in [0.29, 0.717) is 39.4 Å². The van der Waals surface area contributed by atoms with E-state index in [2.05, 4.69) is 4.72 Å². The number of nitrogens with zero attached hydrogens (tertiary/aromatic N) is 2. The summed E-state index contributed by atoms with van der Waals surface area (Å²) in [5, 5.41) is 0. The number of amides is 1. The molecule has 8 nitrogen and oxygen atoms in total. The second kappa shape index (κ2) is 8.92. The number of hydrogen-bond acceptors (Lipinski definition) is 5. The van der Waals surface area contributed by atoms with Gasteiger partial charge in [0.1, 0.15) is 6.61 Å². The van der Waals surface area contributed by atoms with Gasteiger partial charge in [0.05, 0.1) is 19.3 Å². The second-order valence-corrected chi connectivity index (χ2v) is 8.13. The van der Waals surface area contributed by atoms with Gasteiger partial charge in [-0.15, -0.1) is 0 Å². The summed E-state index contributed by atoms with van der Waals surface area (Å²) in [5.41, 5.74) is 1.16. The fourth-order valence-corrected chi connectivity index (χ4v) is 4.21. The van der Waals surface area contributed by atoms with Crippen LogP contribution in [0.3, 0.4) is 0 Å². The summed E-state index contributed by atoms with van der Waals surface area (Å²) < 4.78 is 39.2. The average Bonchev–Trinajstić information content (AvgIpc) is 2.68. The molecule has 26 heavy (non-hydrogen) atoms. The third-order valence-electron chi connectivity index (χ3n) is 4.54. The molecule has 0 aromatic heterocycles. The van der Waals surface area contributed by atoms with Crippen LogP contribution in [0.15, 0.2) is 30.3 Å². The molecule has 1 aromatic carbocycles. The first-order chi connectivity index (χ1) is 12.5. The lowest BCUT2D eigenvalue weighted by molar-refractivity contribution is -0.148. The molecule has 2 heterocycles. The molecule has 3 rings (SSSR count). The van der Waals surface area contributed by atoms with Gasteiger partial charge < -0.3 is 14.4 Å². The molecule has 1 unspecified atom stereocenters. The van der Waals surface area contributed by atoms with Gasteiger partial charge in [-0.3, -0.25) is 4.79 Å². The monoisotopic (exact) mass is 383 g/mol. The summed E-state index contributed by atoms with van der Waals surface area (Å²) in [6, 6.07) is 9.96. The number of carbonyl (C=O) groups excluding carboxylic acids is 1. The molecule has 0 radical (unpaired) electrons. The van der Waals surface area contributed by atoms with E-state index in [9.17, 15) is 13.2 Å². The van der Waals surface area contributed by atoms with Crippen molar-refractivity contribution in [3.8, 4) is 0 Å². The summed E-state index contributed by atoms with van der Waals surface area (Å²) in [6.07, 6.45) is 0.415. The molecule has 2 fully saturated rings. The Kier molecular flexibility index (Phi) is 6.60. The van der Waals surface area contributed by atoms with Crippen molar-refractivity contribution in [3.63, 3.8) is 0 Å². The van der Waals surface area contributed by atoms with Crippen LogP contribution in [0.25, 0.3) is 0 Å². The van der Waals surface area contributed by atoms with E-state index in [4.69, 9.17) is 9.47 Å². The van der Waals surface area contributed by atoms with E-state index in [-0.39, 0.29) is 25.2 Å². The van der Waals surface area contributed by atoms with Gasteiger partial charge in [-0.25, -0.2) is 0 Å². The van der Waals surface area contributed by atoms with Crippen LogP contribution < -0.4 is 4.72 Å². The van der Waals surface area contributed by atoms with Gasteiger partial charge in [0, 0.05) is 32.7 Å². The Morgan fingerprint density at radius 3 is 2.62 bits per heavy atom. The summed E-state index contributed by atoms with van der Waals surface area (Å²) in [5.74, 6) is -0.0618. The van der Waals surface area contributed by atoms with E-state index in [1.54, 1.807) is 4.90 Å². The SMILES string of the molecule is O=C1COC(CNS(=O)(=O)N2CCOCC2)CN1CCc1ccccc1. The molecule has 2 aliphatic heterocycles. The standard InChI is InChI=1S/C17H25N3O5S/c21-17-14-25-16(12-18-26(22,23)20-8-10-24-11-9-20)13-19(17)7-6-15-4-2-1-3-5-15/h1-5,16,18H,6-14H2. The van der Waals surface area contributed by atoms with Crippen molar-refractivity contribution < 1.29 is 22.7 Å². The minimum Gasteiger partial charge on any atom is -0.379 e. The number of nitrogens with one attached hydrogen (secondary N) is 1. The molecule has 2 saturated heterocycles. The third kappa shape index (κ3) is 5.24. The summed E-state index contributed by atoms with van der Waals surface area (Å²) in [7, 11) is -3.55. The summed E-state index contributed by atoms with van der Waals surface area (Å²) >= 11 is 0. The average molecular weight is 383 g/mol. The minimum atomic E-state index is -3.55. The van der Waals surface area contributed by atoms with Crippen molar-refractivity contribution in [1.29, 1.82) is 0 Å². The lowest BCUT2D eigenvalue weighted by atomic mass is 10.1. The smallest absolute Gasteiger partial charge is 0.279 e. The highest BCUT2D eigenvalue weighted by molar-refractivity contribution is 7.87. The summed E-state index contributed by atoms with van der Waals surface area (Å²) in [6.45, 7) is 2.63. The number of hydrogen-bond donors (Lipinski definition) is 1. The number of rotatable bonds is 7. The maximum atomic E-state index is 12.3. The molecular weight excluding hydrogens is 358 g/mol. The van der Waals surface area contributed by atoms with Gasteiger partial charge >= 0.3 is 0 Å². The zero-order chi connectivity index (χ0) is 18.4. The van der Waals surface area contributed by atoms with Crippen LogP contribution in [0, 0.1) is 0 Å². The Morgan fingerprint density at radius 2 is 1.88 bits per heavy atom. The van der Waals surface area contributed by atoms with E-state index >= 15 is 0 Å². The van der Waals surface area contributed by atoms with E-state index in [1.165, 1.54) is 4.31 Å². The maximum Gasteiger partial charge on any atom is 0.279 e. The zero-order valence-electron chi connectivity index (χ0n) is 14.7. The first-order valence-electron chi connectivity index (χ1n) is 8.80. The highest BCUT2D eigenvalue weighted by atomic mass is 32.2. The molecule has 0 saturated carbocycles. The van der Waals surface area contributed by atoms with Gasteiger partial charge in [0.15, 0.2) is 0 Å². The van der Waals surface area contributed by atoms with Gasteiger partial charge in [0.25, 0.3) is 10.2 Å². The van der Waals surface area contributed by atoms with Crippen LogP contribution >= 0.6 is 0 Å². The minimum absolute atomic E-state index is 0.0151. The maximum absolute atomic E-state index is 12.3. The Bertz CT molecular complexity index is 692. The fraction of sp³-hybridized carbons (Fsp3) is 0.588. The first kappa shape index (κ1) is 19.2. The second-order valence-electron chi connectivity index (χ2n) is 6.37. The predicted octanol–water partition coefficient (Wildman–Crippen LogP) is -0.377. The Labute approximate surface area is 154 Å². The first-order valence-corrected chi connectivity index (χ1v) is 10.2. The Balaban J connectivity index is 1.48. The molecule has 0 spiro atoms. The predicted molar refractivity (Wildman–Crippen MR) is 95.8 cm³/mol. The fourth-order valence-electron chi connectivity index (χ4n) is 3.01. The summed E-state index contributed by atoms with van der Waals surface area (Å²) in [4.78, 5) is 13.8. The number of carbonyl (C=O) groups is 1. The molecule has 0 bridgehead atoms. The van der Waals surface area contributed by atoms with Crippen molar-refractivity contribution in [2.24, 2.45) is 0 Å². The largest absolute Gasteiger partial charge is 0.379 e. The molecule has 1 aromatic rings. The Hall–Kier alpha value is -1.52. The number of morpholine rings is 2. The molecule has 1 N–H and O–H groups in total.